The van der Waals surface area contributed by atoms with Gasteiger partial charge in [-0.15, -0.1) is 0 Å². The molecule has 1 atom stereocenters. The van der Waals surface area contributed by atoms with Crippen LogP contribution in [0.5, 0.6) is 11.5 Å². The Balaban J connectivity index is 1.30. The van der Waals surface area contributed by atoms with Crippen molar-refractivity contribution in [2.45, 2.75) is 51.7 Å². The van der Waals surface area contributed by atoms with Gasteiger partial charge in [-0.1, -0.05) is 12.8 Å². The Morgan fingerprint density at radius 2 is 1.83 bits per heavy atom. The molecule has 3 aromatic rings. The standard InChI is InChI=1S/C26H27N3O6/c1-16(24(30)27-18-8-10-21-22(15-18)34-13-12-33-21)35-26(32)17-7-9-19-20(14-17)28-23-6-4-2-3-5-11-29(23)25(19)31/h7-10,14-16H,2-6,11-13H2,1H3,(H,27,30). The van der Waals surface area contributed by atoms with Gasteiger partial charge in [0.05, 0.1) is 16.5 Å². The molecule has 35 heavy (non-hydrogen) atoms. The van der Waals surface area contributed by atoms with Crippen molar-refractivity contribution in [1.82, 2.24) is 9.55 Å². The molecule has 0 spiro atoms. The molecular weight excluding hydrogens is 450 g/mol. The number of nitrogens with one attached hydrogen (secondary N) is 1. The van der Waals surface area contributed by atoms with Gasteiger partial charge in [-0.05, 0) is 50.1 Å². The van der Waals surface area contributed by atoms with Crippen LogP contribution in [-0.4, -0.2) is 40.7 Å². The lowest BCUT2D eigenvalue weighted by atomic mass is 10.1. The van der Waals surface area contributed by atoms with E-state index in [9.17, 15) is 14.4 Å². The zero-order chi connectivity index (χ0) is 24.4. The molecular formula is C26H27N3O6. The summed E-state index contributed by atoms with van der Waals surface area (Å²) in [5, 5.41) is 3.19. The first-order valence-electron chi connectivity index (χ1n) is 11.9. The second-order valence-electron chi connectivity index (χ2n) is 8.78. The molecule has 0 aliphatic carbocycles. The molecule has 1 N–H and O–H groups in total. The van der Waals surface area contributed by atoms with Crippen LogP contribution in [0.4, 0.5) is 5.69 Å². The topological polar surface area (TPSA) is 109 Å². The second kappa shape index (κ2) is 9.77. The van der Waals surface area contributed by atoms with Crippen molar-refractivity contribution in [2.75, 3.05) is 18.5 Å². The monoisotopic (exact) mass is 477 g/mol. The van der Waals surface area contributed by atoms with Gasteiger partial charge in [-0.25, -0.2) is 9.78 Å². The zero-order valence-corrected chi connectivity index (χ0v) is 19.5. The van der Waals surface area contributed by atoms with Crippen LogP contribution in [0.1, 0.15) is 48.8 Å². The number of anilines is 1. The van der Waals surface area contributed by atoms with Gasteiger partial charge >= 0.3 is 5.97 Å². The molecule has 182 valence electrons. The highest BCUT2D eigenvalue weighted by Crippen LogP contribution is 2.32. The SMILES string of the molecule is CC(OC(=O)c1ccc2c(=O)n3c(nc2c1)CCCCCC3)C(=O)Nc1ccc2c(c1)OCCO2. The van der Waals surface area contributed by atoms with Crippen LogP contribution in [0.3, 0.4) is 0 Å². The summed E-state index contributed by atoms with van der Waals surface area (Å²) in [4.78, 5) is 43.0. The van der Waals surface area contributed by atoms with Crippen LogP contribution >= 0.6 is 0 Å². The molecule has 9 heteroatoms. The van der Waals surface area contributed by atoms with Gasteiger partial charge in [0.25, 0.3) is 11.5 Å². The Hall–Kier alpha value is -3.88. The van der Waals surface area contributed by atoms with Gasteiger partial charge < -0.3 is 19.5 Å². The molecule has 2 aliphatic rings. The summed E-state index contributed by atoms with van der Waals surface area (Å²) in [6, 6.07) is 9.78. The van der Waals surface area contributed by atoms with Crippen LogP contribution in [-0.2, 0) is 22.5 Å². The third-order valence-corrected chi connectivity index (χ3v) is 6.26. The van der Waals surface area contributed by atoms with E-state index < -0.39 is 18.0 Å². The largest absolute Gasteiger partial charge is 0.486 e. The highest BCUT2D eigenvalue weighted by molar-refractivity contribution is 5.98. The van der Waals surface area contributed by atoms with Crippen molar-refractivity contribution in [3.63, 3.8) is 0 Å². The third kappa shape index (κ3) is 4.84. The van der Waals surface area contributed by atoms with Crippen molar-refractivity contribution in [2.24, 2.45) is 0 Å². The van der Waals surface area contributed by atoms with Crippen molar-refractivity contribution in [3.05, 3.63) is 58.1 Å². The first-order valence-corrected chi connectivity index (χ1v) is 11.9. The highest BCUT2D eigenvalue weighted by atomic mass is 16.6. The quantitative estimate of drug-likeness (QED) is 0.573. The maximum atomic E-state index is 13.0. The minimum absolute atomic E-state index is 0.0843. The van der Waals surface area contributed by atoms with Gasteiger partial charge in [0.15, 0.2) is 17.6 Å². The molecule has 9 nitrogen and oxygen atoms in total. The van der Waals surface area contributed by atoms with E-state index in [0.717, 1.165) is 37.9 Å². The zero-order valence-electron chi connectivity index (χ0n) is 19.5. The molecule has 1 amide bonds. The predicted octanol–water partition coefficient (Wildman–Crippen LogP) is 3.47. The van der Waals surface area contributed by atoms with Crippen LogP contribution in [0.2, 0.25) is 0 Å². The molecule has 2 aliphatic heterocycles. The van der Waals surface area contributed by atoms with Gasteiger partial charge in [0.1, 0.15) is 19.0 Å². The third-order valence-electron chi connectivity index (χ3n) is 6.26. The second-order valence-corrected chi connectivity index (χ2v) is 8.78. The number of rotatable bonds is 4. The van der Waals surface area contributed by atoms with Crippen LogP contribution in [0.25, 0.3) is 10.9 Å². The number of hydrogen-bond acceptors (Lipinski definition) is 7. The number of aromatic nitrogens is 2. The van der Waals surface area contributed by atoms with Crippen molar-refractivity contribution < 1.29 is 23.8 Å². The van der Waals surface area contributed by atoms with E-state index in [1.54, 1.807) is 34.9 Å². The molecule has 0 saturated carbocycles. The van der Waals surface area contributed by atoms with E-state index in [-0.39, 0.29) is 11.1 Å². The van der Waals surface area contributed by atoms with Gasteiger partial charge in [-0.3, -0.25) is 14.2 Å². The normalized spacial score (nSPS) is 15.9. The number of aryl methyl sites for hydroxylation is 1. The Bertz CT molecular complexity index is 1350. The predicted molar refractivity (Wildman–Crippen MR) is 129 cm³/mol. The summed E-state index contributed by atoms with van der Waals surface area (Å²) in [5.41, 5.74) is 1.12. The number of carbonyl (C=O) groups excluding carboxylic acids is 2. The van der Waals surface area contributed by atoms with Crippen LogP contribution in [0.15, 0.2) is 41.2 Å². The summed E-state index contributed by atoms with van der Waals surface area (Å²) in [6.07, 6.45) is 3.85. The summed E-state index contributed by atoms with van der Waals surface area (Å²) in [7, 11) is 0. The van der Waals surface area contributed by atoms with Gasteiger partial charge in [0, 0.05) is 24.7 Å². The Labute approximate surface area is 202 Å². The number of hydrogen-bond donors (Lipinski definition) is 1. The number of fused-ring (bicyclic) bond motifs is 3. The molecule has 0 saturated heterocycles. The number of esters is 1. The average molecular weight is 478 g/mol. The number of benzene rings is 2. The van der Waals surface area contributed by atoms with E-state index in [2.05, 4.69) is 10.3 Å². The summed E-state index contributed by atoms with van der Waals surface area (Å²) in [5.74, 6) is 0.774. The molecule has 0 bridgehead atoms. The highest BCUT2D eigenvalue weighted by Gasteiger charge is 2.21. The van der Waals surface area contributed by atoms with E-state index in [4.69, 9.17) is 14.2 Å². The summed E-state index contributed by atoms with van der Waals surface area (Å²) < 4.78 is 18.2. The molecule has 3 heterocycles. The van der Waals surface area contributed by atoms with E-state index in [1.165, 1.54) is 13.0 Å². The fourth-order valence-corrected chi connectivity index (χ4v) is 4.37. The van der Waals surface area contributed by atoms with Gasteiger partial charge in [-0.2, -0.15) is 0 Å². The lowest BCUT2D eigenvalue weighted by molar-refractivity contribution is -0.123. The number of ether oxygens (including phenoxy) is 3. The van der Waals surface area contributed by atoms with E-state index in [0.29, 0.717) is 47.8 Å². The molecule has 1 unspecified atom stereocenters. The molecule has 5 rings (SSSR count). The lowest BCUT2D eigenvalue weighted by Crippen LogP contribution is -2.30. The smallest absolute Gasteiger partial charge is 0.338 e. The number of amides is 1. The molecule has 1 aromatic heterocycles. The van der Waals surface area contributed by atoms with Crippen molar-refractivity contribution in [3.8, 4) is 11.5 Å². The van der Waals surface area contributed by atoms with Crippen LogP contribution < -0.4 is 20.3 Å². The van der Waals surface area contributed by atoms with Gasteiger partial charge in [0.2, 0.25) is 0 Å². The molecule has 0 radical (unpaired) electrons. The minimum atomic E-state index is -1.04. The first kappa shape index (κ1) is 22.9. The molecule has 0 fully saturated rings. The minimum Gasteiger partial charge on any atom is -0.486 e. The molecule has 2 aromatic carbocycles. The maximum Gasteiger partial charge on any atom is 0.338 e. The van der Waals surface area contributed by atoms with E-state index >= 15 is 0 Å². The van der Waals surface area contributed by atoms with Crippen LogP contribution in [0, 0.1) is 0 Å². The van der Waals surface area contributed by atoms with Crippen molar-refractivity contribution in [1.29, 1.82) is 0 Å². The summed E-state index contributed by atoms with van der Waals surface area (Å²) in [6.45, 7) is 3.08. The Morgan fingerprint density at radius 3 is 2.69 bits per heavy atom. The average Bonchev–Trinajstić information content (AvgIpc) is 2.84. The fourth-order valence-electron chi connectivity index (χ4n) is 4.37. The Morgan fingerprint density at radius 1 is 1.03 bits per heavy atom. The lowest BCUT2D eigenvalue weighted by Gasteiger charge is -2.19. The summed E-state index contributed by atoms with van der Waals surface area (Å²) >= 11 is 0. The van der Waals surface area contributed by atoms with Crippen molar-refractivity contribution >= 4 is 28.5 Å². The fraction of sp³-hybridized carbons (Fsp3) is 0.385. The Kier molecular flexibility index (Phi) is 6.39. The number of carbonyl (C=O) groups is 2. The van der Waals surface area contributed by atoms with E-state index in [1.807, 2.05) is 0 Å². The number of nitrogens with zero attached hydrogens (tertiary/aromatic N) is 2. The first-order chi connectivity index (χ1) is 17.0. The maximum absolute atomic E-state index is 13.0.